The molecule has 5 heteroatoms. The van der Waals surface area contributed by atoms with Crippen LogP contribution in [0.3, 0.4) is 0 Å². The molecule has 5 nitrogen and oxygen atoms in total. The number of methoxy groups -OCH3 is 1. The lowest BCUT2D eigenvalue weighted by atomic mass is 9.98. The average molecular weight is 244 g/mol. The Morgan fingerprint density at radius 2 is 2.12 bits per heavy atom. The number of rotatable bonds is 5. The molecule has 0 unspecified atom stereocenters. The molecular weight excluding hydrogens is 220 g/mol. The van der Waals surface area contributed by atoms with Gasteiger partial charge in [-0.1, -0.05) is 20.3 Å². The van der Waals surface area contributed by atoms with Crippen LogP contribution in [0.1, 0.15) is 20.3 Å². The van der Waals surface area contributed by atoms with Crippen LogP contribution in [0.4, 0.5) is 4.79 Å². The second kappa shape index (κ2) is 7.50. The molecule has 1 aliphatic heterocycles. The van der Waals surface area contributed by atoms with E-state index in [4.69, 9.17) is 4.74 Å². The largest absolute Gasteiger partial charge is 0.453 e. The fraction of sp³-hybridized carbons (Fsp3) is 0.917. The number of alkyl carbamates (subject to hydrolysis) is 1. The number of carbonyl (C=O) groups excluding carboxylic acids is 1. The maximum Gasteiger partial charge on any atom is 0.407 e. The van der Waals surface area contributed by atoms with E-state index in [2.05, 4.69) is 28.8 Å². The number of carbonyl (C=O) groups is 1. The Balaban J connectivity index is 2.46. The van der Waals surface area contributed by atoms with Crippen LogP contribution in [0.15, 0.2) is 0 Å². The van der Waals surface area contributed by atoms with Crippen molar-refractivity contribution in [3.8, 4) is 0 Å². The van der Waals surface area contributed by atoms with Gasteiger partial charge in [0.15, 0.2) is 0 Å². The van der Waals surface area contributed by atoms with Gasteiger partial charge in [0, 0.05) is 25.7 Å². The summed E-state index contributed by atoms with van der Waals surface area (Å²) < 4.78 is 9.99. The van der Waals surface area contributed by atoms with E-state index in [1.807, 2.05) is 0 Å². The molecule has 0 radical (unpaired) electrons. The van der Waals surface area contributed by atoms with E-state index in [0.717, 1.165) is 39.3 Å². The average Bonchev–Trinajstić information content (AvgIpc) is 2.38. The first-order valence-corrected chi connectivity index (χ1v) is 6.32. The van der Waals surface area contributed by atoms with Crippen molar-refractivity contribution in [1.29, 1.82) is 0 Å². The van der Waals surface area contributed by atoms with E-state index in [0.29, 0.717) is 5.92 Å². The van der Waals surface area contributed by atoms with Gasteiger partial charge < -0.3 is 14.8 Å². The van der Waals surface area contributed by atoms with Gasteiger partial charge in [-0.3, -0.25) is 4.90 Å². The molecule has 1 amide bonds. The normalized spacial score (nSPS) is 20.6. The fourth-order valence-corrected chi connectivity index (χ4v) is 1.92. The zero-order chi connectivity index (χ0) is 12.7. The number of ether oxygens (including phenoxy) is 2. The summed E-state index contributed by atoms with van der Waals surface area (Å²) >= 11 is 0. The van der Waals surface area contributed by atoms with E-state index in [1.165, 1.54) is 7.11 Å². The molecule has 1 heterocycles. The molecule has 1 N–H and O–H groups in total. The van der Waals surface area contributed by atoms with Crippen LogP contribution in [0.5, 0.6) is 0 Å². The molecule has 1 saturated heterocycles. The van der Waals surface area contributed by atoms with Crippen molar-refractivity contribution < 1.29 is 14.3 Å². The second-order valence-corrected chi connectivity index (χ2v) is 4.54. The quantitative estimate of drug-likeness (QED) is 0.786. The van der Waals surface area contributed by atoms with Crippen LogP contribution in [0.25, 0.3) is 0 Å². The van der Waals surface area contributed by atoms with Gasteiger partial charge in [-0.2, -0.15) is 0 Å². The Morgan fingerprint density at radius 3 is 2.65 bits per heavy atom. The van der Waals surface area contributed by atoms with Crippen molar-refractivity contribution in [2.24, 2.45) is 5.92 Å². The predicted molar refractivity (Wildman–Crippen MR) is 66.0 cm³/mol. The summed E-state index contributed by atoms with van der Waals surface area (Å²) in [7, 11) is 1.40. The standard InChI is InChI=1S/C12H24N2O3/c1-4-10(2)11(13-12(15)16-3)9-14-5-7-17-8-6-14/h10-11H,4-9H2,1-3H3,(H,13,15)/t10-,11+/m0/s1. The van der Waals surface area contributed by atoms with Crippen LogP contribution in [0, 0.1) is 5.92 Å². The summed E-state index contributed by atoms with van der Waals surface area (Å²) in [5.74, 6) is 0.442. The highest BCUT2D eigenvalue weighted by atomic mass is 16.5. The fourth-order valence-electron chi connectivity index (χ4n) is 1.92. The van der Waals surface area contributed by atoms with E-state index in [9.17, 15) is 4.79 Å². The van der Waals surface area contributed by atoms with E-state index in [-0.39, 0.29) is 12.1 Å². The summed E-state index contributed by atoms with van der Waals surface area (Å²) in [5.41, 5.74) is 0. The molecular formula is C12H24N2O3. The van der Waals surface area contributed by atoms with Gasteiger partial charge in [-0.25, -0.2) is 4.79 Å². The first-order chi connectivity index (χ1) is 8.17. The molecule has 17 heavy (non-hydrogen) atoms. The third-order valence-electron chi connectivity index (χ3n) is 3.38. The lowest BCUT2D eigenvalue weighted by Crippen LogP contribution is -2.49. The number of hydrogen-bond acceptors (Lipinski definition) is 4. The summed E-state index contributed by atoms with van der Waals surface area (Å²) in [4.78, 5) is 13.6. The summed E-state index contributed by atoms with van der Waals surface area (Å²) in [6.07, 6.45) is 0.697. The topological polar surface area (TPSA) is 50.8 Å². The maximum absolute atomic E-state index is 11.3. The third kappa shape index (κ3) is 4.91. The third-order valence-corrected chi connectivity index (χ3v) is 3.38. The van der Waals surface area contributed by atoms with Crippen LogP contribution < -0.4 is 5.32 Å². The highest BCUT2D eigenvalue weighted by Crippen LogP contribution is 2.10. The SMILES string of the molecule is CC[C@H](C)[C@@H](CN1CCOCC1)NC(=O)OC. The van der Waals surface area contributed by atoms with E-state index in [1.54, 1.807) is 0 Å². The minimum absolute atomic E-state index is 0.144. The molecule has 0 saturated carbocycles. The zero-order valence-electron chi connectivity index (χ0n) is 11.1. The monoisotopic (exact) mass is 244 g/mol. The molecule has 0 aliphatic carbocycles. The van der Waals surface area contributed by atoms with Gasteiger partial charge in [0.25, 0.3) is 0 Å². The molecule has 0 bridgehead atoms. The highest BCUT2D eigenvalue weighted by Gasteiger charge is 2.22. The second-order valence-electron chi connectivity index (χ2n) is 4.54. The molecule has 0 spiro atoms. The van der Waals surface area contributed by atoms with Crippen molar-refractivity contribution in [3.05, 3.63) is 0 Å². The van der Waals surface area contributed by atoms with Gasteiger partial charge in [0.1, 0.15) is 0 Å². The molecule has 0 aromatic carbocycles. The molecule has 1 rings (SSSR count). The smallest absolute Gasteiger partial charge is 0.407 e. The van der Waals surface area contributed by atoms with Crippen molar-refractivity contribution in [3.63, 3.8) is 0 Å². The Hall–Kier alpha value is -0.810. The summed E-state index contributed by atoms with van der Waals surface area (Å²) in [6.45, 7) is 8.60. The maximum atomic E-state index is 11.3. The Morgan fingerprint density at radius 1 is 1.47 bits per heavy atom. The number of morpholine rings is 1. The number of nitrogens with one attached hydrogen (secondary N) is 1. The van der Waals surface area contributed by atoms with Gasteiger partial charge in [0.2, 0.25) is 0 Å². The number of amides is 1. The van der Waals surface area contributed by atoms with Crippen LogP contribution >= 0.6 is 0 Å². The molecule has 1 aliphatic rings. The van der Waals surface area contributed by atoms with Gasteiger partial charge in [-0.05, 0) is 5.92 Å². The first-order valence-electron chi connectivity index (χ1n) is 6.32. The summed E-state index contributed by atoms with van der Waals surface area (Å²) in [5, 5.41) is 2.92. The highest BCUT2D eigenvalue weighted by molar-refractivity contribution is 5.67. The molecule has 100 valence electrons. The summed E-state index contributed by atoms with van der Waals surface area (Å²) in [6, 6.07) is 0.144. The first kappa shape index (κ1) is 14.3. The Labute approximate surface area is 103 Å². The molecule has 0 aromatic heterocycles. The minimum atomic E-state index is -0.344. The van der Waals surface area contributed by atoms with E-state index < -0.39 is 0 Å². The Kier molecular flexibility index (Phi) is 6.29. The molecule has 1 fully saturated rings. The van der Waals surface area contributed by atoms with Crippen LogP contribution in [0.2, 0.25) is 0 Å². The zero-order valence-corrected chi connectivity index (χ0v) is 11.1. The van der Waals surface area contributed by atoms with Crippen molar-refractivity contribution >= 4 is 6.09 Å². The van der Waals surface area contributed by atoms with Crippen LogP contribution in [-0.2, 0) is 9.47 Å². The van der Waals surface area contributed by atoms with Crippen molar-refractivity contribution in [2.75, 3.05) is 40.0 Å². The lowest BCUT2D eigenvalue weighted by Gasteiger charge is -2.33. The van der Waals surface area contributed by atoms with Gasteiger partial charge in [-0.15, -0.1) is 0 Å². The predicted octanol–water partition coefficient (Wildman–Crippen LogP) is 1.09. The van der Waals surface area contributed by atoms with Gasteiger partial charge in [0.05, 0.1) is 20.3 Å². The minimum Gasteiger partial charge on any atom is -0.453 e. The van der Waals surface area contributed by atoms with E-state index >= 15 is 0 Å². The van der Waals surface area contributed by atoms with Gasteiger partial charge >= 0.3 is 6.09 Å². The molecule has 2 atom stereocenters. The lowest BCUT2D eigenvalue weighted by molar-refractivity contribution is 0.0303. The molecule has 0 aromatic rings. The number of nitrogens with zero attached hydrogens (tertiary/aromatic N) is 1. The Bertz CT molecular complexity index is 230. The van der Waals surface area contributed by atoms with Crippen LogP contribution in [-0.4, -0.2) is 57.0 Å². The van der Waals surface area contributed by atoms with Crippen molar-refractivity contribution in [1.82, 2.24) is 10.2 Å². The number of hydrogen-bond donors (Lipinski definition) is 1. The van der Waals surface area contributed by atoms with Crippen molar-refractivity contribution in [2.45, 2.75) is 26.3 Å².